The molecule has 2 aromatic rings. The molecule has 1 atom stereocenters. The van der Waals surface area contributed by atoms with Crippen molar-refractivity contribution in [2.24, 2.45) is 5.41 Å². The molecule has 0 bridgehead atoms. The number of benzene rings is 1. The highest BCUT2D eigenvalue weighted by Crippen LogP contribution is 2.45. The molecule has 27 heavy (non-hydrogen) atoms. The zero-order valence-corrected chi connectivity index (χ0v) is 19.0. The lowest BCUT2D eigenvalue weighted by Gasteiger charge is -2.35. The third kappa shape index (κ3) is 3.91. The predicted molar refractivity (Wildman–Crippen MR) is 115 cm³/mol. The van der Waals surface area contributed by atoms with Crippen molar-refractivity contribution in [2.75, 3.05) is 14.2 Å². The van der Waals surface area contributed by atoms with E-state index in [-0.39, 0.29) is 0 Å². The number of allylic oxidation sites excluding steroid dienone is 2. The van der Waals surface area contributed by atoms with Crippen molar-refractivity contribution >= 4 is 26.9 Å². The van der Waals surface area contributed by atoms with Crippen molar-refractivity contribution in [1.29, 1.82) is 0 Å². The van der Waals surface area contributed by atoms with Crippen molar-refractivity contribution in [2.45, 2.75) is 65.7 Å². The van der Waals surface area contributed by atoms with E-state index in [1.807, 2.05) is 6.07 Å². The van der Waals surface area contributed by atoms with Crippen LogP contribution in [0, 0.1) is 5.41 Å². The van der Waals surface area contributed by atoms with Crippen LogP contribution in [0.4, 0.5) is 0 Å². The molecule has 3 nitrogen and oxygen atoms in total. The van der Waals surface area contributed by atoms with E-state index in [9.17, 15) is 0 Å². The first-order valence-electron chi connectivity index (χ1n) is 9.81. The highest BCUT2D eigenvalue weighted by Gasteiger charge is 2.28. The smallest absolute Gasteiger partial charge is 0.178 e. The van der Waals surface area contributed by atoms with Gasteiger partial charge in [-0.15, -0.1) is 0 Å². The van der Waals surface area contributed by atoms with Crippen LogP contribution in [0.25, 0.3) is 11.0 Å². The lowest BCUT2D eigenvalue weighted by molar-refractivity contribution is 0.346. The van der Waals surface area contributed by atoms with Crippen LogP contribution in [-0.2, 0) is 0 Å². The molecular formula is C23H31BrO3. The summed E-state index contributed by atoms with van der Waals surface area (Å²) in [5, 5.41) is 1.04. The van der Waals surface area contributed by atoms with Gasteiger partial charge in [-0.3, -0.25) is 0 Å². The Morgan fingerprint density at radius 3 is 2.59 bits per heavy atom. The fourth-order valence-electron chi connectivity index (χ4n) is 4.44. The zero-order chi connectivity index (χ0) is 19.8. The highest BCUT2D eigenvalue weighted by molar-refractivity contribution is 9.10. The van der Waals surface area contributed by atoms with Crippen LogP contribution < -0.4 is 9.47 Å². The average molecular weight is 435 g/mol. The maximum atomic E-state index is 6.22. The Bertz CT molecular complexity index is 860. The quantitative estimate of drug-likeness (QED) is 0.437. The first-order chi connectivity index (χ1) is 12.8. The van der Waals surface area contributed by atoms with E-state index in [2.05, 4.69) is 49.7 Å². The Morgan fingerprint density at radius 1 is 1.22 bits per heavy atom. The Kier molecular flexibility index (Phi) is 5.95. The fraction of sp³-hybridized carbons (Fsp3) is 0.565. The maximum absolute atomic E-state index is 6.22. The minimum atomic E-state index is 0.333. The molecular weight excluding hydrogens is 404 g/mol. The second kappa shape index (κ2) is 7.90. The van der Waals surface area contributed by atoms with Crippen LogP contribution in [-0.4, -0.2) is 14.2 Å². The minimum absolute atomic E-state index is 0.333. The van der Waals surface area contributed by atoms with Gasteiger partial charge in [0.1, 0.15) is 10.2 Å². The molecule has 0 N–H and O–H groups in total. The lowest BCUT2D eigenvalue weighted by Crippen LogP contribution is -2.20. The Morgan fingerprint density at radius 2 is 1.96 bits per heavy atom. The van der Waals surface area contributed by atoms with Crippen LogP contribution in [0.2, 0.25) is 0 Å². The monoisotopic (exact) mass is 434 g/mol. The number of methoxy groups -OCH3 is 2. The fourth-order valence-corrected chi connectivity index (χ4v) is 5.10. The van der Waals surface area contributed by atoms with Gasteiger partial charge in [0.05, 0.1) is 14.2 Å². The number of furan rings is 1. The standard InChI is InChI=1S/C23H31BrO3/c1-14-8-7-11-23(3,4)17(14)10-9-15(2)18-12-16-13-19(25-5)22(26-6)20(24)21(16)27-18/h12-13,15H,7-11H2,1-6H3. The Labute approximate surface area is 171 Å². The van der Waals surface area contributed by atoms with Gasteiger partial charge in [0.2, 0.25) is 0 Å². The summed E-state index contributed by atoms with van der Waals surface area (Å²) in [5.41, 5.74) is 4.41. The molecule has 1 aliphatic rings. The van der Waals surface area contributed by atoms with Crippen LogP contribution in [0.1, 0.15) is 71.5 Å². The Balaban J connectivity index is 1.84. The van der Waals surface area contributed by atoms with Crippen LogP contribution in [0.3, 0.4) is 0 Å². The van der Waals surface area contributed by atoms with Gasteiger partial charge in [0.15, 0.2) is 17.1 Å². The van der Waals surface area contributed by atoms with Gasteiger partial charge >= 0.3 is 0 Å². The Hall–Kier alpha value is -1.42. The van der Waals surface area contributed by atoms with Crippen molar-refractivity contribution in [3.05, 3.63) is 33.5 Å². The van der Waals surface area contributed by atoms with E-state index in [1.165, 1.54) is 19.3 Å². The van der Waals surface area contributed by atoms with Gasteiger partial charge in [-0.25, -0.2) is 0 Å². The van der Waals surface area contributed by atoms with E-state index in [0.29, 0.717) is 22.8 Å². The van der Waals surface area contributed by atoms with Crippen molar-refractivity contribution in [3.63, 3.8) is 0 Å². The predicted octanol–water partition coefficient (Wildman–Crippen LogP) is 7.62. The molecule has 1 unspecified atom stereocenters. The van der Waals surface area contributed by atoms with Gasteiger partial charge in [0.25, 0.3) is 0 Å². The lowest BCUT2D eigenvalue weighted by atomic mass is 9.71. The summed E-state index contributed by atoms with van der Waals surface area (Å²) < 4.78 is 18.0. The topological polar surface area (TPSA) is 31.6 Å². The molecule has 0 spiro atoms. The third-order valence-electron chi connectivity index (χ3n) is 6.11. The number of ether oxygens (including phenoxy) is 2. The normalized spacial score (nSPS) is 18.0. The van der Waals surface area contributed by atoms with Crippen molar-refractivity contribution < 1.29 is 13.9 Å². The number of fused-ring (bicyclic) bond motifs is 1. The van der Waals surface area contributed by atoms with Gasteiger partial charge in [-0.2, -0.15) is 0 Å². The molecule has 0 radical (unpaired) electrons. The first kappa shape index (κ1) is 20.3. The molecule has 0 aliphatic heterocycles. The molecule has 1 aromatic heterocycles. The minimum Gasteiger partial charge on any atom is -0.493 e. The van der Waals surface area contributed by atoms with Crippen molar-refractivity contribution in [3.8, 4) is 11.5 Å². The van der Waals surface area contributed by atoms with Gasteiger partial charge < -0.3 is 13.9 Å². The summed E-state index contributed by atoms with van der Waals surface area (Å²) >= 11 is 3.61. The number of halogens is 1. The zero-order valence-electron chi connectivity index (χ0n) is 17.4. The van der Waals surface area contributed by atoms with E-state index in [4.69, 9.17) is 13.9 Å². The second-order valence-corrected chi connectivity index (χ2v) is 9.22. The summed E-state index contributed by atoms with van der Waals surface area (Å²) in [6, 6.07) is 4.12. The van der Waals surface area contributed by atoms with Crippen LogP contribution >= 0.6 is 15.9 Å². The van der Waals surface area contributed by atoms with Crippen LogP contribution in [0.5, 0.6) is 11.5 Å². The first-order valence-corrected chi connectivity index (χ1v) is 10.6. The summed E-state index contributed by atoms with van der Waals surface area (Å²) in [4.78, 5) is 0. The second-order valence-electron chi connectivity index (χ2n) is 8.43. The molecule has 3 rings (SSSR count). The highest BCUT2D eigenvalue weighted by atomic mass is 79.9. The molecule has 148 valence electrons. The van der Waals surface area contributed by atoms with E-state index >= 15 is 0 Å². The van der Waals surface area contributed by atoms with Gasteiger partial charge in [-0.1, -0.05) is 31.9 Å². The summed E-state index contributed by atoms with van der Waals surface area (Å²) in [6.07, 6.45) is 6.11. The number of hydrogen-bond donors (Lipinski definition) is 0. The number of rotatable bonds is 6. The summed E-state index contributed by atoms with van der Waals surface area (Å²) in [6.45, 7) is 9.36. The summed E-state index contributed by atoms with van der Waals surface area (Å²) in [7, 11) is 3.30. The van der Waals surface area contributed by atoms with Gasteiger partial charge in [0, 0.05) is 11.3 Å². The number of hydrogen-bond acceptors (Lipinski definition) is 3. The molecule has 4 heteroatoms. The third-order valence-corrected chi connectivity index (χ3v) is 6.83. The largest absolute Gasteiger partial charge is 0.493 e. The van der Waals surface area contributed by atoms with E-state index in [1.54, 1.807) is 25.4 Å². The molecule has 0 saturated heterocycles. The molecule has 1 aromatic carbocycles. The average Bonchev–Trinajstić information content (AvgIpc) is 3.05. The molecule has 0 saturated carbocycles. The van der Waals surface area contributed by atoms with E-state index in [0.717, 1.165) is 34.0 Å². The molecule has 0 amide bonds. The van der Waals surface area contributed by atoms with Crippen molar-refractivity contribution in [1.82, 2.24) is 0 Å². The maximum Gasteiger partial charge on any atom is 0.178 e. The van der Waals surface area contributed by atoms with E-state index < -0.39 is 0 Å². The van der Waals surface area contributed by atoms with Crippen LogP contribution in [0.15, 0.2) is 32.2 Å². The SMILES string of the molecule is COc1cc2cc(C(C)CCC3=C(C)CCCC3(C)C)oc2c(Br)c1OC. The molecule has 0 fully saturated rings. The molecule has 1 heterocycles. The summed E-state index contributed by atoms with van der Waals surface area (Å²) in [5.74, 6) is 2.76. The molecule has 1 aliphatic carbocycles. The van der Waals surface area contributed by atoms with Gasteiger partial charge in [-0.05, 0) is 72.5 Å².